The fourth-order valence-electron chi connectivity index (χ4n) is 4.77. The van der Waals surface area contributed by atoms with Crippen LogP contribution in [-0.4, -0.2) is 42.1 Å². The maximum atomic E-state index is 12.1. The molecule has 1 N–H and O–H groups in total. The van der Waals surface area contributed by atoms with Crippen LogP contribution in [-0.2, 0) is 11.2 Å². The summed E-state index contributed by atoms with van der Waals surface area (Å²) in [7, 11) is 2.30. The number of aromatic nitrogens is 1. The van der Waals surface area contributed by atoms with Crippen molar-refractivity contribution >= 4 is 16.9 Å². The van der Waals surface area contributed by atoms with E-state index in [9.17, 15) is 9.90 Å². The number of fused-ring (bicyclic) bond motifs is 4. The molecule has 0 radical (unpaired) electrons. The number of para-hydroxylation sites is 1. The Kier molecular flexibility index (Phi) is 3.53. The molecule has 24 heavy (non-hydrogen) atoms. The number of piperidine rings is 1. The molecule has 4 nitrogen and oxygen atoms in total. The van der Waals surface area contributed by atoms with Crippen LogP contribution in [0.3, 0.4) is 0 Å². The number of hydrogen-bond acceptors (Lipinski definition) is 2. The van der Waals surface area contributed by atoms with Gasteiger partial charge in [0.2, 0.25) is 0 Å². The van der Waals surface area contributed by atoms with Crippen molar-refractivity contribution in [2.24, 2.45) is 5.92 Å². The van der Waals surface area contributed by atoms with Crippen molar-refractivity contribution in [2.75, 3.05) is 26.7 Å². The van der Waals surface area contributed by atoms with Gasteiger partial charge in [-0.2, -0.15) is 0 Å². The summed E-state index contributed by atoms with van der Waals surface area (Å²) in [5.41, 5.74) is 4.35. The van der Waals surface area contributed by atoms with Gasteiger partial charge in [0, 0.05) is 41.3 Å². The smallest absolute Gasteiger partial charge is 0.100 e. The monoisotopic (exact) mass is 324 g/mol. The number of carbonyl (C=O) groups is 1. The van der Waals surface area contributed by atoms with Crippen molar-refractivity contribution in [3.05, 3.63) is 47.2 Å². The number of carboxylic acid groups (broad SMARTS) is 1. The van der Waals surface area contributed by atoms with Gasteiger partial charge in [-0.25, -0.2) is 0 Å². The standard InChI is InChI=1S/C20H24N2O2/c1-3-13-12-22(2)10-8-14(13)18(20(23)24)19-16(9-11-22)15-6-4-5-7-17(15)21-19/h3-7,14,18,21H,8-12H2,1-2H3/b13-3-/t14-,18+,22-/m0/s1. The van der Waals surface area contributed by atoms with Gasteiger partial charge >= 0.3 is 0 Å². The molecule has 3 aliphatic rings. The summed E-state index contributed by atoms with van der Waals surface area (Å²) in [5, 5.41) is 13.3. The SMILES string of the molecule is C/C=C1/C[N@+]2(C)CCc3c([nH]c4ccccc34)[C@H](C(=O)[O-])[C@H]1CC2. The first-order chi connectivity index (χ1) is 11.5. The molecule has 126 valence electrons. The molecule has 0 aliphatic carbocycles. The van der Waals surface area contributed by atoms with E-state index < -0.39 is 11.9 Å². The Bertz CT molecular complexity index is 835. The third kappa shape index (κ3) is 2.28. The molecule has 2 bridgehead atoms. The summed E-state index contributed by atoms with van der Waals surface area (Å²) >= 11 is 0. The highest BCUT2D eigenvalue weighted by atomic mass is 16.4. The van der Waals surface area contributed by atoms with Crippen LogP contribution in [0.25, 0.3) is 10.9 Å². The lowest BCUT2D eigenvalue weighted by atomic mass is 9.78. The fraction of sp³-hybridized carbons (Fsp3) is 0.450. The second-order valence-electron chi connectivity index (χ2n) is 7.59. The summed E-state index contributed by atoms with van der Waals surface area (Å²) in [6.07, 6.45) is 3.94. The number of allylic oxidation sites excluding steroid dienone is 1. The molecule has 1 aromatic heterocycles. The average molecular weight is 324 g/mol. The molecule has 2 aromatic rings. The lowest BCUT2D eigenvalue weighted by Crippen LogP contribution is -2.52. The molecule has 1 fully saturated rings. The van der Waals surface area contributed by atoms with Crippen LogP contribution in [0.15, 0.2) is 35.9 Å². The van der Waals surface area contributed by atoms with Gasteiger partial charge in [-0.15, -0.1) is 0 Å². The van der Waals surface area contributed by atoms with Crippen molar-refractivity contribution in [2.45, 2.75) is 25.7 Å². The maximum absolute atomic E-state index is 12.1. The number of nitrogens with one attached hydrogen (secondary N) is 1. The molecule has 5 rings (SSSR count). The minimum Gasteiger partial charge on any atom is -0.549 e. The van der Waals surface area contributed by atoms with Crippen molar-refractivity contribution < 1.29 is 14.4 Å². The molecule has 4 heteroatoms. The van der Waals surface area contributed by atoms with E-state index in [-0.39, 0.29) is 5.92 Å². The van der Waals surface area contributed by atoms with Crippen LogP contribution in [0, 0.1) is 5.92 Å². The van der Waals surface area contributed by atoms with Crippen molar-refractivity contribution in [3.63, 3.8) is 0 Å². The molecule has 1 aromatic carbocycles. The molecular formula is C20H24N2O2. The van der Waals surface area contributed by atoms with Crippen molar-refractivity contribution in [1.82, 2.24) is 4.98 Å². The predicted octanol–water partition coefficient (Wildman–Crippen LogP) is 1.97. The van der Waals surface area contributed by atoms with E-state index in [1.165, 1.54) is 11.1 Å². The second kappa shape index (κ2) is 5.49. The zero-order valence-corrected chi connectivity index (χ0v) is 14.3. The fourth-order valence-corrected chi connectivity index (χ4v) is 4.77. The largest absolute Gasteiger partial charge is 0.549 e. The Hall–Kier alpha value is -2.07. The van der Waals surface area contributed by atoms with Crippen molar-refractivity contribution in [3.8, 4) is 0 Å². The molecule has 3 aliphatic heterocycles. The van der Waals surface area contributed by atoms with E-state index in [1.807, 2.05) is 25.1 Å². The Morgan fingerprint density at radius 1 is 1.33 bits per heavy atom. The van der Waals surface area contributed by atoms with Gasteiger partial charge in [-0.05, 0) is 24.1 Å². The number of hydrogen-bond donors (Lipinski definition) is 1. The molecule has 4 heterocycles. The zero-order valence-electron chi connectivity index (χ0n) is 14.3. The quantitative estimate of drug-likeness (QED) is 0.644. The first-order valence-corrected chi connectivity index (χ1v) is 8.81. The van der Waals surface area contributed by atoms with Gasteiger partial charge in [-0.3, -0.25) is 0 Å². The first kappa shape index (κ1) is 15.5. The number of aliphatic carboxylic acids is 1. The summed E-state index contributed by atoms with van der Waals surface area (Å²) in [6, 6.07) is 8.15. The van der Waals surface area contributed by atoms with Crippen LogP contribution >= 0.6 is 0 Å². The van der Waals surface area contributed by atoms with Crippen LogP contribution < -0.4 is 5.11 Å². The highest BCUT2D eigenvalue weighted by Crippen LogP contribution is 2.42. The van der Waals surface area contributed by atoms with E-state index in [4.69, 9.17) is 0 Å². The van der Waals surface area contributed by atoms with E-state index in [0.717, 1.165) is 53.6 Å². The van der Waals surface area contributed by atoms with Gasteiger partial charge in [0.1, 0.15) is 6.54 Å². The number of nitrogens with zero attached hydrogens (tertiary/aromatic N) is 1. The summed E-state index contributed by atoms with van der Waals surface area (Å²) in [5.74, 6) is -1.49. The van der Waals surface area contributed by atoms with Gasteiger partial charge in [0.05, 0.1) is 26.1 Å². The van der Waals surface area contributed by atoms with E-state index in [2.05, 4.69) is 24.2 Å². The number of benzene rings is 1. The molecule has 0 saturated carbocycles. The van der Waals surface area contributed by atoms with Crippen LogP contribution in [0.5, 0.6) is 0 Å². The Balaban J connectivity index is 1.96. The zero-order chi connectivity index (χ0) is 16.9. The third-order valence-electron chi connectivity index (χ3n) is 6.11. The minimum atomic E-state index is -0.954. The number of rotatable bonds is 1. The second-order valence-corrected chi connectivity index (χ2v) is 7.59. The van der Waals surface area contributed by atoms with Crippen LogP contribution in [0.1, 0.15) is 30.5 Å². The predicted molar refractivity (Wildman–Crippen MR) is 92.4 cm³/mol. The Morgan fingerprint density at radius 2 is 2.12 bits per heavy atom. The van der Waals surface area contributed by atoms with Crippen LogP contribution in [0.4, 0.5) is 0 Å². The van der Waals surface area contributed by atoms with E-state index in [0.29, 0.717) is 0 Å². The third-order valence-corrected chi connectivity index (χ3v) is 6.11. The topological polar surface area (TPSA) is 55.9 Å². The molecule has 1 saturated heterocycles. The summed E-state index contributed by atoms with van der Waals surface area (Å²) < 4.78 is 0.995. The molecule has 0 unspecified atom stereocenters. The van der Waals surface area contributed by atoms with Gasteiger partial charge in [-0.1, -0.05) is 24.3 Å². The summed E-state index contributed by atoms with van der Waals surface area (Å²) in [4.78, 5) is 15.6. The molecule has 0 spiro atoms. The lowest BCUT2D eigenvalue weighted by molar-refractivity contribution is -0.909. The van der Waals surface area contributed by atoms with Gasteiger partial charge in [0.25, 0.3) is 0 Å². The van der Waals surface area contributed by atoms with E-state index >= 15 is 0 Å². The highest BCUT2D eigenvalue weighted by molar-refractivity contribution is 5.87. The normalized spacial score (nSPS) is 31.5. The summed E-state index contributed by atoms with van der Waals surface area (Å²) in [6.45, 7) is 5.06. The average Bonchev–Trinajstić information content (AvgIpc) is 2.95. The highest BCUT2D eigenvalue weighted by Gasteiger charge is 2.41. The number of carbonyl (C=O) groups excluding carboxylic acids is 1. The van der Waals surface area contributed by atoms with Crippen LogP contribution in [0.2, 0.25) is 0 Å². The molecular weight excluding hydrogens is 300 g/mol. The minimum absolute atomic E-state index is 0.0381. The number of H-pyrrole nitrogens is 1. The first-order valence-electron chi connectivity index (χ1n) is 8.81. The van der Waals surface area contributed by atoms with E-state index in [1.54, 1.807) is 0 Å². The molecule has 0 amide bonds. The maximum Gasteiger partial charge on any atom is 0.100 e. The van der Waals surface area contributed by atoms with Gasteiger partial charge < -0.3 is 19.4 Å². The number of likely N-dealkylation sites (N-methyl/N-ethyl adjacent to an activating group) is 1. The Labute approximate surface area is 142 Å². The number of carboxylic acids is 1. The van der Waals surface area contributed by atoms with Gasteiger partial charge in [0.15, 0.2) is 0 Å². The number of quaternary nitrogens is 1. The number of aromatic amines is 1. The van der Waals surface area contributed by atoms with Crippen molar-refractivity contribution in [1.29, 1.82) is 0 Å². The Morgan fingerprint density at radius 3 is 2.88 bits per heavy atom. The molecule has 3 atom stereocenters. The lowest BCUT2D eigenvalue weighted by Gasteiger charge is -2.43.